The van der Waals surface area contributed by atoms with Crippen molar-refractivity contribution in [1.29, 1.82) is 0 Å². The van der Waals surface area contributed by atoms with E-state index in [1.165, 1.54) is 5.57 Å². The summed E-state index contributed by atoms with van der Waals surface area (Å²) < 4.78 is 5.17. The smallest absolute Gasteiger partial charge is 0.221 e. The van der Waals surface area contributed by atoms with Crippen molar-refractivity contribution in [3.05, 3.63) is 41.3 Å². The highest BCUT2D eigenvalue weighted by atomic mass is 35.5. The number of ether oxygens (including phenoxy) is 1. The highest BCUT2D eigenvalue weighted by Gasteiger charge is 2.21. The van der Waals surface area contributed by atoms with Crippen molar-refractivity contribution in [3.8, 4) is 0 Å². The number of halogens is 1. The zero-order chi connectivity index (χ0) is 23.0. The number of aliphatic imine (C=N–C) groups is 2. The van der Waals surface area contributed by atoms with Crippen molar-refractivity contribution in [3.63, 3.8) is 0 Å². The summed E-state index contributed by atoms with van der Waals surface area (Å²) in [6, 6.07) is 6.83. The summed E-state index contributed by atoms with van der Waals surface area (Å²) in [6.07, 6.45) is 8.04. The molecule has 4 rings (SSSR count). The van der Waals surface area contributed by atoms with Gasteiger partial charge in [0.2, 0.25) is 5.96 Å². The van der Waals surface area contributed by atoms with E-state index in [4.69, 9.17) is 16.3 Å². The van der Waals surface area contributed by atoms with Crippen molar-refractivity contribution in [1.82, 2.24) is 20.6 Å². The number of guanidine groups is 1. The van der Waals surface area contributed by atoms with Crippen LogP contribution in [0.3, 0.4) is 0 Å². The largest absolute Gasteiger partial charge is 0.378 e. The van der Waals surface area contributed by atoms with Crippen LogP contribution in [0.2, 0.25) is 5.15 Å². The second kappa shape index (κ2) is 11.5. The lowest BCUT2D eigenvalue weighted by molar-refractivity contribution is -0.00374. The Balaban J connectivity index is 1.21. The van der Waals surface area contributed by atoms with Crippen LogP contribution >= 0.6 is 11.6 Å². The first kappa shape index (κ1) is 23.6. The number of aromatic nitrogens is 2. The fourth-order valence-corrected chi connectivity index (χ4v) is 4.25. The van der Waals surface area contributed by atoms with Gasteiger partial charge < -0.3 is 20.7 Å². The number of pyridine rings is 2. The van der Waals surface area contributed by atoms with Crippen molar-refractivity contribution in [2.45, 2.75) is 44.7 Å². The third-order valence-corrected chi connectivity index (χ3v) is 6.44. The third kappa shape index (κ3) is 6.72. The third-order valence-electron chi connectivity index (χ3n) is 6.17. The molecule has 176 valence electrons. The normalized spacial score (nSPS) is 22.1. The highest BCUT2D eigenvalue weighted by molar-refractivity contribution is 6.33. The molecule has 3 heterocycles. The van der Waals surface area contributed by atoms with Crippen molar-refractivity contribution < 1.29 is 4.74 Å². The quantitative estimate of drug-likeness (QED) is 0.309. The molecule has 0 unspecified atom stereocenters. The molecule has 2 fully saturated rings. The average Bonchev–Trinajstić information content (AvgIpc) is 2.80. The molecule has 3 N–H and O–H groups in total. The standard InChI is InChI=1S/C24H32ClN7O/c1-16(11-28-20-14-33-15-20)12-29-24(26-2)30-13-17-3-6-19(7-4-17)31-21-8-5-18-9-10-27-23(25)22(18)32-21/h5,8-10,12,17,19-20,28H,2-4,6-7,11,13-15H2,1H3,(H,29,30)(H,31,32)/b16-12+. The minimum absolute atomic E-state index is 0.403. The Labute approximate surface area is 200 Å². The van der Waals surface area contributed by atoms with Gasteiger partial charge in [-0.2, -0.15) is 0 Å². The van der Waals surface area contributed by atoms with Gasteiger partial charge in [-0.1, -0.05) is 11.6 Å². The molecule has 1 saturated heterocycles. The van der Waals surface area contributed by atoms with Gasteiger partial charge in [-0.25, -0.2) is 15.0 Å². The van der Waals surface area contributed by atoms with Gasteiger partial charge in [0.05, 0.1) is 19.3 Å². The number of nitrogens with one attached hydrogen (secondary N) is 3. The highest BCUT2D eigenvalue weighted by Crippen LogP contribution is 2.28. The molecule has 9 heteroatoms. The molecule has 0 amide bonds. The van der Waals surface area contributed by atoms with Crippen molar-refractivity contribution >= 4 is 41.0 Å². The number of anilines is 1. The van der Waals surface area contributed by atoms with E-state index in [0.717, 1.165) is 68.7 Å². The lowest BCUT2D eigenvalue weighted by Crippen LogP contribution is -2.46. The van der Waals surface area contributed by atoms with Crippen LogP contribution in [-0.4, -0.2) is 61.0 Å². The van der Waals surface area contributed by atoms with E-state index >= 15 is 0 Å². The van der Waals surface area contributed by atoms with Gasteiger partial charge in [0, 0.05) is 36.9 Å². The number of hydrogen-bond acceptors (Lipinski definition) is 6. The van der Waals surface area contributed by atoms with Gasteiger partial charge in [-0.05, 0) is 69.0 Å². The monoisotopic (exact) mass is 469 g/mol. The second-order valence-corrected chi connectivity index (χ2v) is 9.16. The maximum atomic E-state index is 6.20. The van der Waals surface area contributed by atoms with Crippen LogP contribution in [0.1, 0.15) is 32.6 Å². The Kier molecular flexibility index (Phi) is 8.25. The molecule has 2 aromatic rings. The number of nitrogens with zero attached hydrogens (tertiary/aromatic N) is 4. The van der Waals surface area contributed by atoms with Crippen molar-refractivity contribution in [2.24, 2.45) is 15.9 Å². The van der Waals surface area contributed by atoms with E-state index in [1.807, 2.05) is 24.4 Å². The Morgan fingerprint density at radius 1 is 1.21 bits per heavy atom. The Hall–Kier alpha value is -2.55. The van der Waals surface area contributed by atoms with E-state index in [9.17, 15) is 0 Å². The summed E-state index contributed by atoms with van der Waals surface area (Å²) in [5.41, 5.74) is 1.92. The van der Waals surface area contributed by atoms with Gasteiger partial charge in [0.25, 0.3) is 0 Å². The summed E-state index contributed by atoms with van der Waals surface area (Å²) in [7, 11) is 0. The SMILES string of the molecule is C=NC(=NCC1CCC(Nc2ccc3ccnc(Cl)c3n2)CC1)N/C=C(\C)CNC1COC1. The molecule has 1 aliphatic heterocycles. The van der Waals surface area contributed by atoms with Crippen molar-refractivity contribution in [2.75, 3.05) is 31.6 Å². The van der Waals surface area contributed by atoms with E-state index in [-0.39, 0.29) is 0 Å². The van der Waals surface area contributed by atoms with Crippen LogP contribution in [0.25, 0.3) is 10.9 Å². The molecule has 0 atom stereocenters. The number of fused-ring (bicyclic) bond motifs is 1. The lowest BCUT2D eigenvalue weighted by Gasteiger charge is -2.28. The zero-order valence-electron chi connectivity index (χ0n) is 19.1. The first-order chi connectivity index (χ1) is 16.1. The summed E-state index contributed by atoms with van der Waals surface area (Å²) >= 11 is 6.20. The summed E-state index contributed by atoms with van der Waals surface area (Å²) in [6.45, 7) is 8.89. The second-order valence-electron chi connectivity index (χ2n) is 8.80. The minimum atomic E-state index is 0.403. The fraction of sp³-hybridized carbons (Fsp3) is 0.500. The van der Waals surface area contributed by atoms with Gasteiger partial charge in [-0.15, -0.1) is 0 Å². The molecular weight excluding hydrogens is 438 g/mol. The first-order valence-corrected chi connectivity index (χ1v) is 11.9. The molecule has 2 aliphatic rings. The molecule has 0 bridgehead atoms. The fourth-order valence-electron chi connectivity index (χ4n) is 4.05. The number of rotatable bonds is 8. The van der Waals surface area contributed by atoms with Crippen LogP contribution in [0.5, 0.6) is 0 Å². The molecule has 1 aliphatic carbocycles. The Morgan fingerprint density at radius 2 is 2.03 bits per heavy atom. The molecule has 0 aromatic carbocycles. The van der Waals surface area contributed by atoms with E-state index in [2.05, 4.69) is 49.5 Å². The van der Waals surface area contributed by atoms with E-state index in [0.29, 0.717) is 29.1 Å². The predicted octanol–water partition coefficient (Wildman–Crippen LogP) is 3.79. The van der Waals surface area contributed by atoms with Crippen LogP contribution in [-0.2, 0) is 4.74 Å². The van der Waals surface area contributed by atoms with E-state index < -0.39 is 0 Å². The maximum Gasteiger partial charge on any atom is 0.221 e. The van der Waals surface area contributed by atoms with Gasteiger partial charge >= 0.3 is 0 Å². The van der Waals surface area contributed by atoms with Gasteiger partial charge in [0.1, 0.15) is 11.3 Å². The van der Waals surface area contributed by atoms with Crippen LogP contribution in [0.4, 0.5) is 5.82 Å². The van der Waals surface area contributed by atoms with Crippen LogP contribution < -0.4 is 16.0 Å². The number of hydrogen-bond donors (Lipinski definition) is 3. The minimum Gasteiger partial charge on any atom is -0.378 e. The molecule has 0 radical (unpaired) electrons. The molecule has 1 saturated carbocycles. The van der Waals surface area contributed by atoms with Crippen LogP contribution in [0.15, 0.2) is 46.2 Å². The lowest BCUT2D eigenvalue weighted by atomic mass is 9.86. The summed E-state index contributed by atoms with van der Waals surface area (Å²) in [4.78, 5) is 17.5. The molecule has 0 spiro atoms. The Morgan fingerprint density at radius 3 is 2.76 bits per heavy atom. The molecule has 2 aromatic heterocycles. The molecule has 33 heavy (non-hydrogen) atoms. The molecule has 8 nitrogen and oxygen atoms in total. The van der Waals surface area contributed by atoms with E-state index in [1.54, 1.807) is 6.20 Å². The summed E-state index contributed by atoms with van der Waals surface area (Å²) in [5, 5.41) is 11.6. The average molecular weight is 470 g/mol. The van der Waals surface area contributed by atoms with Crippen LogP contribution in [0, 0.1) is 5.92 Å². The Bertz CT molecular complexity index is 1010. The van der Waals surface area contributed by atoms with Gasteiger partial charge in [0.15, 0.2) is 5.15 Å². The maximum absolute atomic E-state index is 6.20. The van der Waals surface area contributed by atoms with Gasteiger partial charge in [-0.3, -0.25) is 4.99 Å². The first-order valence-electron chi connectivity index (χ1n) is 11.5. The topological polar surface area (TPSA) is 95.8 Å². The zero-order valence-corrected chi connectivity index (χ0v) is 19.8. The molecular formula is C24H32ClN7O. The predicted molar refractivity (Wildman–Crippen MR) is 135 cm³/mol. The summed E-state index contributed by atoms with van der Waals surface area (Å²) in [5.74, 6) is 1.98.